The lowest BCUT2D eigenvalue weighted by Crippen LogP contribution is -2.38. The number of unbranched alkanes of at least 4 members (excludes halogenated alkanes) is 1. The fourth-order valence-electron chi connectivity index (χ4n) is 2.06. The molecule has 0 saturated heterocycles. The summed E-state index contributed by atoms with van der Waals surface area (Å²) in [5, 5.41) is 3.39. The Hall–Kier alpha value is -1.13. The van der Waals surface area contributed by atoms with Crippen LogP contribution in [0.2, 0.25) is 0 Å². The third kappa shape index (κ3) is 4.46. The molecule has 1 aliphatic rings. The molecular weight excluding hydrogens is 278 g/mol. The van der Waals surface area contributed by atoms with E-state index in [0.717, 1.165) is 30.3 Å². The van der Waals surface area contributed by atoms with Gasteiger partial charge in [-0.05, 0) is 32.0 Å². The molecule has 2 rings (SSSR count). The van der Waals surface area contributed by atoms with E-state index < -0.39 is 0 Å². The molecule has 20 heavy (non-hydrogen) atoms. The van der Waals surface area contributed by atoms with Crippen LogP contribution in [0.25, 0.3) is 0 Å². The van der Waals surface area contributed by atoms with E-state index in [-0.39, 0.29) is 18.5 Å². The summed E-state index contributed by atoms with van der Waals surface area (Å²) in [7, 11) is 0. The quantitative estimate of drug-likeness (QED) is 0.786. The molecule has 1 aliphatic heterocycles. The molecule has 0 fully saturated rings. The van der Waals surface area contributed by atoms with Gasteiger partial charge in [-0.2, -0.15) is 0 Å². The molecule has 1 aromatic carbocycles. The van der Waals surface area contributed by atoms with Crippen LogP contribution < -0.4 is 19.5 Å². The van der Waals surface area contributed by atoms with Gasteiger partial charge in [-0.3, -0.25) is 0 Å². The van der Waals surface area contributed by atoms with Gasteiger partial charge in [0.25, 0.3) is 0 Å². The fraction of sp³-hybridized carbons (Fsp3) is 0.600. The number of fused-ring (bicyclic) bond motifs is 1. The average Bonchev–Trinajstić information content (AvgIpc) is 2.44. The molecule has 1 heterocycles. The Balaban J connectivity index is 0.00000200. The third-order valence-electron chi connectivity index (χ3n) is 3.03. The van der Waals surface area contributed by atoms with Crippen LogP contribution in [-0.2, 0) is 0 Å². The topological polar surface area (TPSA) is 39.7 Å². The molecule has 1 unspecified atom stereocenters. The number of nitrogens with one attached hydrogen (secondary N) is 1. The Morgan fingerprint density at radius 3 is 2.95 bits per heavy atom. The second-order valence-corrected chi connectivity index (χ2v) is 4.62. The highest BCUT2D eigenvalue weighted by Gasteiger charge is 2.23. The number of hydrogen-bond donors (Lipinski definition) is 1. The monoisotopic (exact) mass is 301 g/mol. The molecule has 0 amide bonds. The van der Waals surface area contributed by atoms with Crippen LogP contribution in [0.3, 0.4) is 0 Å². The Labute approximate surface area is 127 Å². The molecule has 0 spiro atoms. The maximum Gasteiger partial charge on any atom is 0.203 e. The number of ether oxygens (including phenoxy) is 3. The lowest BCUT2D eigenvalue weighted by molar-refractivity contribution is 0.0865. The second-order valence-electron chi connectivity index (χ2n) is 4.62. The highest BCUT2D eigenvalue weighted by Crippen LogP contribution is 2.39. The van der Waals surface area contributed by atoms with E-state index in [1.54, 1.807) is 0 Å². The summed E-state index contributed by atoms with van der Waals surface area (Å²) in [6.45, 7) is 7.19. The molecule has 0 radical (unpaired) electrons. The molecule has 5 heteroatoms. The van der Waals surface area contributed by atoms with Crippen molar-refractivity contribution in [3.63, 3.8) is 0 Å². The lowest BCUT2D eigenvalue weighted by atomic mass is 10.2. The SMILES string of the molecule is CCCCNCC1COc2c(OCC)cccc2O1.Cl. The first-order valence-electron chi connectivity index (χ1n) is 7.11. The normalized spacial score (nSPS) is 16.4. The zero-order valence-electron chi connectivity index (χ0n) is 12.2. The van der Waals surface area contributed by atoms with Crippen LogP contribution >= 0.6 is 12.4 Å². The molecule has 1 N–H and O–H groups in total. The second kappa shape index (κ2) is 8.93. The zero-order valence-corrected chi connectivity index (χ0v) is 13.0. The molecule has 114 valence electrons. The van der Waals surface area contributed by atoms with Crippen LogP contribution in [0, 0.1) is 0 Å². The van der Waals surface area contributed by atoms with Crippen LogP contribution in [0.15, 0.2) is 18.2 Å². The van der Waals surface area contributed by atoms with Crippen molar-refractivity contribution < 1.29 is 14.2 Å². The molecule has 4 nitrogen and oxygen atoms in total. The molecule has 0 aromatic heterocycles. The maximum atomic E-state index is 5.93. The van der Waals surface area contributed by atoms with Crippen molar-refractivity contribution in [2.24, 2.45) is 0 Å². The predicted molar refractivity (Wildman–Crippen MR) is 82.5 cm³/mol. The van der Waals surface area contributed by atoms with Gasteiger partial charge in [-0.25, -0.2) is 0 Å². The summed E-state index contributed by atoms with van der Waals surface area (Å²) in [5.41, 5.74) is 0. The molecule has 1 atom stereocenters. The smallest absolute Gasteiger partial charge is 0.203 e. The minimum absolute atomic E-state index is 0. The number of halogens is 1. The van der Waals surface area contributed by atoms with Gasteiger partial charge < -0.3 is 19.5 Å². The third-order valence-corrected chi connectivity index (χ3v) is 3.03. The van der Waals surface area contributed by atoms with Gasteiger partial charge in [0.05, 0.1) is 6.61 Å². The molecular formula is C15H24ClNO3. The highest BCUT2D eigenvalue weighted by atomic mass is 35.5. The standard InChI is InChI=1S/C15H23NO3.ClH/c1-3-5-9-16-10-12-11-18-15-13(17-4-2)7-6-8-14(15)19-12;/h6-8,12,16H,3-5,9-11H2,1-2H3;1H. The van der Waals surface area contributed by atoms with E-state index in [2.05, 4.69) is 12.2 Å². The number of benzene rings is 1. The summed E-state index contributed by atoms with van der Waals surface area (Å²) in [6.07, 6.45) is 2.47. The maximum absolute atomic E-state index is 5.93. The summed E-state index contributed by atoms with van der Waals surface area (Å²) in [5.74, 6) is 2.27. The predicted octanol–water partition coefficient (Wildman–Crippen LogP) is 3.04. The van der Waals surface area contributed by atoms with Crippen molar-refractivity contribution in [1.29, 1.82) is 0 Å². The first-order chi connectivity index (χ1) is 9.35. The lowest BCUT2D eigenvalue weighted by Gasteiger charge is -2.27. The molecule has 0 saturated carbocycles. The minimum atomic E-state index is 0. The Morgan fingerprint density at radius 2 is 2.20 bits per heavy atom. The van der Waals surface area contributed by atoms with Crippen LogP contribution in [0.4, 0.5) is 0 Å². The Bertz CT molecular complexity index is 401. The van der Waals surface area contributed by atoms with Crippen molar-refractivity contribution in [1.82, 2.24) is 5.32 Å². The summed E-state index contributed by atoms with van der Waals surface area (Å²) in [4.78, 5) is 0. The Morgan fingerprint density at radius 1 is 1.35 bits per heavy atom. The van der Waals surface area contributed by atoms with Gasteiger partial charge in [-0.1, -0.05) is 19.4 Å². The van der Waals surface area contributed by atoms with E-state index in [0.29, 0.717) is 13.2 Å². The molecule has 0 aliphatic carbocycles. The Kier molecular flexibility index (Phi) is 7.55. The van der Waals surface area contributed by atoms with Crippen molar-refractivity contribution in [2.75, 3.05) is 26.3 Å². The van der Waals surface area contributed by atoms with Gasteiger partial charge in [0.2, 0.25) is 5.75 Å². The first kappa shape index (κ1) is 16.9. The zero-order chi connectivity index (χ0) is 13.5. The van der Waals surface area contributed by atoms with Gasteiger partial charge in [0.1, 0.15) is 12.7 Å². The van der Waals surface area contributed by atoms with Crippen molar-refractivity contribution >= 4 is 12.4 Å². The van der Waals surface area contributed by atoms with Crippen LogP contribution in [0.1, 0.15) is 26.7 Å². The van der Waals surface area contributed by atoms with Gasteiger partial charge in [0.15, 0.2) is 11.5 Å². The largest absolute Gasteiger partial charge is 0.490 e. The number of rotatable bonds is 7. The summed E-state index contributed by atoms with van der Waals surface area (Å²) in [6, 6.07) is 5.77. The average molecular weight is 302 g/mol. The first-order valence-corrected chi connectivity index (χ1v) is 7.11. The van der Waals surface area contributed by atoms with Gasteiger partial charge in [0, 0.05) is 6.54 Å². The summed E-state index contributed by atoms with van der Waals surface area (Å²) >= 11 is 0. The molecule has 1 aromatic rings. The van der Waals surface area contributed by atoms with Crippen molar-refractivity contribution in [3.05, 3.63) is 18.2 Å². The van der Waals surface area contributed by atoms with E-state index >= 15 is 0 Å². The van der Waals surface area contributed by atoms with E-state index in [1.807, 2.05) is 25.1 Å². The summed E-state index contributed by atoms with van der Waals surface area (Å²) < 4.78 is 17.3. The minimum Gasteiger partial charge on any atom is -0.490 e. The van der Waals surface area contributed by atoms with Crippen LogP contribution in [0.5, 0.6) is 17.2 Å². The fourth-order valence-corrected chi connectivity index (χ4v) is 2.06. The van der Waals surface area contributed by atoms with E-state index in [4.69, 9.17) is 14.2 Å². The van der Waals surface area contributed by atoms with Crippen molar-refractivity contribution in [3.8, 4) is 17.2 Å². The van der Waals surface area contributed by atoms with E-state index in [9.17, 15) is 0 Å². The highest BCUT2D eigenvalue weighted by molar-refractivity contribution is 5.85. The van der Waals surface area contributed by atoms with Crippen LogP contribution in [-0.4, -0.2) is 32.4 Å². The van der Waals surface area contributed by atoms with Gasteiger partial charge >= 0.3 is 0 Å². The van der Waals surface area contributed by atoms with Crippen molar-refractivity contribution in [2.45, 2.75) is 32.8 Å². The van der Waals surface area contributed by atoms with Gasteiger partial charge in [-0.15, -0.1) is 12.4 Å². The molecule has 0 bridgehead atoms. The number of hydrogen-bond acceptors (Lipinski definition) is 4. The number of para-hydroxylation sites is 1. The van der Waals surface area contributed by atoms with E-state index in [1.165, 1.54) is 12.8 Å².